The molecule has 2 heterocycles. The van der Waals surface area contributed by atoms with E-state index < -0.39 is 15.8 Å². The first kappa shape index (κ1) is 19.0. The molecule has 1 atom stereocenters. The molecule has 0 fully saturated rings. The monoisotopic (exact) mass is 386 g/mol. The fraction of sp³-hybridized carbons (Fsp3) is 0.316. The van der Waals surface area contributed by atoms with Crippen LogP contribution in [-0.4, -0.2) is 40.9 Å². The van der Waals surface area contributed by atoms with Crippen LogP contribution in [0, 0.1) is 5.92 Å². The Hall–Kier alpha value is -2.74. The number of fused-ring (bicyclic) bond motifs is 1. The SMILES string of the molecule is CC(CS(C)(=O)=O)C(=O)Nc1nc2ccccc2n1CCc1ccccn1. The Morgan fingerprint density at radius 1 is 1.19 bits per heavy atom. The fourth-order valence-corrected chi connectivity index (χ4v) is 3.99. The number of imidazole rings is 1. The number of benzene rings is 1. The molecule has 0 saturated heterocycles. The van der Waals surface area contributed by atoms with E-state index >= 15 is 0 Å². The van der Waals surface area contributed by atoms with E-state index in [-0.39, 0.29) is 11.7 Å². The molecule has 3 rings (SSSR count). The van der Waals surface area contributed by atoms with Gasteiger partial charge in [0.05, 0.1) is 16.8 Å². The Bertz CT molecular complexity index is 1050. The zero-order valence-electron chi connectivity index (χ0n) is 15.3. The molecule has 0 bridgehead atoms. The third kappa shape index (κ3) is 4.91. The number of aromatic nitrogens is 3. The Labute approximate surface area is 158 Å². The summed E-state index contributed by atoms with van der Waals surface area (Å²) in [6.07, 6.45) is 3.55. The molecule has 0 saturated carbocycles. The average molecular weight is 386 g/mol. The van der Waals surface area contributed by atoms with Gasteiger partial charge in [-0.1, -0.05) is 25.1 Å². The normalized spacial score (nSPS) is 12.8. The van der Waals surface area contributed by atoms with Crippen molar-refractivity contribution in [2.24, 2.45) is 5.92 Å². The molecule has 0 aliphatic rings. The van der Waals surface area contributed by atoms with E-state index in [4.69, 9.17) is 0 Å². The largest absolute Gasteiger partial charge is 0.310 e. The van der Waals surface area contributed by atoms with Gasteiger partial charge in [0.2, 0.25) is 11.9 Å². The summed E-state index contributed by atoms with van der Waals surface area (Å²) in [5.41, 5.74) is 2.61. The van der Waals surface area contributed by atoms with Gasteiger partial charge in [-0.15, -0.1) is 0 Å². The number of nitrogens with one attached hydrogen (secondary N) is 1. The van der Waals surface area contributed by atoms with Gasteiger partial charge in [-0.25, -0.2) is 13.4 Å². The van der Waals surface area contributed by atoms with Gasteiger partial charge in [-0.3, -0.25) is 15.1 Å². The van der Waals surface area contributed by atoms with Gasteiger partial charge in [0.25, 0.3) is 0 Å². The van der Waals surface area contributed by atoms with Gasteiger partial charge in [0, 0.05) is 37.0 Å². The van der Waals surface area contributed by atoms with Crippen LogP contribution in [0.2, 0.25) is 0 Å². The lowest BCUT2D eigenvalue weighted by atomic mass is 10.2. The third-order valence-electron chi connectivity index (χ3n) is 4.21. The standard InChI is InChI=1S/C19H22N4O3S/c1-14(13-27(2,25)26)18(24)22-19-21-16-8-3-4-9-17(16)23(19)12-10-15-7-5-6-11-20-15/h3-9,11,14H,10,12-13H2,1-2H3,(H,21,22,24). The van der Waals surface area contributed by atoms with Gasteiger partial charge >= 0.3 is 0 Å². The molecule has 3 aromatic rings. The average Bonchev–Trinajstić information content (AvgIpc) is 2.96. The van der Waals surface area contributed by atoms with Crippen LogP contribution in [-0.2, 0) is 27.6 Å². The number of nitrogens with zero attached hydrogens (tertiary/aromatic N) is 3. The third-order valence-corrected chi connectivity index (χ3v) is 5.31. The van der Waals surface area contributed by atoms with E-state index in [1.54, 1.807) is 13.1 Å². The number of amides is 1. The lowest BCUT2D eigenvalue weighted by Gasteiger charge is -2.13. The van der Waals surface area contributed by atoms with E-state index in [0.717, 1.165) is 23.0 Å². The highest BCUT2D eigenvalue weighted by Gasteiger charge is 2.21. The zero-order valence-corrected chi connectivity index (χ0v) is 16.1. The Morgan fingerprint density at radius 2 is 1.93 bits per heavy atom. The maximum Gasteiger partial charge on any atom is 0.230 e. The van der Waals surface area contributed by atoms with Gasteiger partial charge in [-0.05, 0) is 24.3 Å². The number of hydrogen-bond acceptors (Lipinski definition) is 5. The Kier molecular flexibility index (Phi) is 5.55. The number of aryl methyl sites for hydroxylation is 2. The predicted molar refractivity (Wildman–Crippen MR) is 105 cm³/mol. The van der Waals surface area contributed by atoms with Crippen molar-refractivity contribution in [1.82, 2.24) is 14.5 Å². The van der Waals surface area contributed by atoms with E-state index in [9.17, 15) is 13.2 Å². The highest BCUT2D eigenvalue weighted by atomic mass is 32.2. The molecular weight excluding hydrogens is 364 g/mol. The quantitative estimate of drug-likeness (QED) is 0.672. The molecule has 0 spiro atoms. The van der Waals surface area contributed by atoms with Crippen molar-refractivity contribution in [3.05, 3.63) is 54.4 Å². The highest BCUT2D eigenvalue weighted by Crippen LogP contribution is 2.21. The van der Waals surface area contributed by atoms with Crippen molar-refractivity contribution in [3.63, 3.8) is 0 Å². The van der Waals surface area contributed by atoms with Crippen LogP contribution < -0.4 is 5.32 Å². The molecule has 0 aliphatic heterocycles. The second kappa shape index (κ2) is 7.87. The minimum absolute atomic E-state index is 0.201. The van der Waals surface area contributed by atoms with E-state index in [2.05, 4.69) is 15.3 Å². The molecular formula is C19H22N4O3S. The van der Waals surface area contributed by atoms with Gasteiger partial charge in [0.1, 0.15) is 9.84 Å². The fourth-order valence-electron chi connectivity index (χ4n) is 2.93. The number of sulfone groups is 1. The summed E-state index contributed by atoms with van der Waals surface area (Å²) in [5.74, 6) is -0.816. The molecule has 1 aromatic carbocycles. The van der Waals surface area contributed by atoms with Crippen LogP contribution in [0.5, 0.6) is 0 Å². The second-order valence-corrected chi connectivity index (χ2v) is 8.81. The second-order valence-electron chi connectivity index (χ2n) is 6.63. The summed E-state index contributed by atoms with van der Waals surface area (Å²) in [5, 5.41) is 2.79. The first-order valence-corrected chi connectivity index (χ1v) is 10.7. The number of rotatable bonds is 7. The molecule has 1 N–H and O–H groups in total. The number of anilines is 1. The predicted octanol–water partition coefficient (Wildman–Crippen LogP) is 2.29. The summed E-state index contributed by atoms with van der Waals surface area (Å²) in [6, 6.07) is 13.4. The zero-order chi connectivity index (χ0) is 19.4. The van der Waals surface area contributed by atoms with Crippen LogP contribution in [0.15, 0.2) is 48.7 Å². The molecule has 27 heavy (non-hydrogen) atoms. The summed E-state index contributed by atoms with van der Waals surface area (Å²) >= 11 is 0. The van der Waals surface area contributed by atoms with Crippen molar-refractivity contribution in [2.75, 3.05) is 17.3 Å². The molecule has 1 amide bonds. The number of para-hydroxylation sites is 2. The molecule has 8 heteroatoms. The van der Waals surface area contributed by atoms with Crippen molar-refractivity contribution >= 4 is 32.7 Å². The number of hydrogen-bond donors (Lipinski definition) is 1. The van der Waals surface area contributed by atoms with Crippen molar-refractivity contribution in [1.29, 1.82) is 0 Å². The number of carbonyl (C=O) groups excluding carboxylic acids is 1. The van der Waals surface area contributed by atoms with Crippen molar-refractivity contribution in [3.8, 4) is 0 Å². The van der Waals surface area contributed by atoms with E-state index in [0.29, 0.717) is 18.9 Å². The van der Waals surface area contributed by atoms with E-state index in [1.165, 1.54) is 0 Å². The molecule has 2 aromatic heterocycles. The van der Waals surface area contributed by atoms with E-state index in [1.807, 2.05) is 47.0 Å². The van der Waals surface area contributed by atoms with Gasteiger partial charge in [-0.2, -0.15) is 0 Å². The van der Waals surface area contributed by atoms with Crippen LogP contribution in [0.25, 0.3) is 11.0 Å². The van der Waals surface area contributed by atoms with Crippen molar-refractivity contribution in [2.45, 2.75) is 19.9 Å². The first-order chi connectivity index (χ1) is 12.8. The molecule has 142 valence electrons. The minimum atomic E-state index is -3.24. The number of carbonyl (C=O) groups is 1. The lowest BCUT2D eigenvalue weighted by molar-refractivity contribution is -0.118. The maximum absolute atomic E-state index is 12.5. The van der Waals surface area contributed by atoms with Crippen LogP contribution in [0.3, 0.4) is 0 Å². The molecule has 7 nitrogen and oxygen atoms in total. The van der Waals surface area contributed by atoms with Crippen LogP contribution in [0.1, 0.15) is 12.6 Å². The van der Waals surface area contributed by atoms with Gasteiger partial charge < -0.3 is 4.57 Å². The van der Waals surface area contributed by atoms with Crippen molar-refractivity contribution < 1.29 is 13.2 Å². The Morgan fingerprint density at radius 3 is 2.63 bits per heavy atom. The Balaban J connectivity index is 1.85. The summed E-state index contributed by atoms with van der Waals surface area (Å²) in [7, 11) is -3.24. The minimum Gasteiger partial charge on any atom is -0.310 e. The van der Waals surface area contributed by atoms with Crippen LogP contribution >= 0.6 is 0 Å². The molecule has 0 aliphatic carbocycles. The maximum atomic E-state index is 12.5. The summed E-state index contributed by atoms with van der Waals surface area (Å²) in [6.45, 7) is 2.19. The summed E-state index contributed by atoms with van der Waals surface area (Å²) in [4.78, 5) is 21.3. The molecule has 0 radical (unpaired) electrons. The smallest absolute Gasteiger partial charge is 0.230 e. The first-order valence-electron chi connectivity index (χ1n) is 8.67. The number of pyridine rings is 1. The lowest BCUT2D eigenvalue weighted by Crippen LogP contribution is -2.28. The van der Waals surface area contributed by atoms with Gasteiger partial charge in [0.15, 0.2) is 0 Å². The van der Waals surface area contributed by atoms with Crippen LogP contribution in [0.4, 0.5) is 5.95 Å². The highest BCUT2D eigenvalue weighted by molar-refractivity contribution is 7.90. The topological polar surface area (TPSA) is 94.0 Å². The molecule has 1 unspecified atom stereocenters. The summed E-state index contributed by atoms with van der Waals surface area (Å²) < 4.78 is 24.8.